The molecular formula is C5H6N2O2. The van der Waals surface area contributed by atoms with E-state index in [1.807, 2.05) is 0 Å². The van der Waals surface area contributed by atoms with Crippen molar-refractivity contribution in [3.8, 4) is 0 Å². The molecule has 0 atom stereocenters. The summed E-state index contributed by atoms with van der Waals surface area (Å²) in [7, 11) is 0. The summed E-state index contributed by atoms with van der Waals surface area (Å²) in [6, 6.07) is 1.67. The molecule has 0 aliphatic carbocycles. The zero-order valence-electron chi connectivity index (χ0n) is 4.94. The molecule has 1 aromatic heterocycles. The number of rotatable bonds is 1. The summed E-state index contributed by atoms with van der Waals surface area (Å²) in [4.78, 5) is 15.8. The van der Waals surface area contributed by atoms with Crippen molar-refractivity contribution in [2.75, 3.05) is 0 Å². The molecule has 4 heteroatoms. The Kier molecular flexibility index (Phi) is 1.48. The van der Waals surface area contributed by atoms with E-state index in [9.17, 15) is 4.79 Å². The van der Waals surface area contributed by atoms with Crippen LogP contribution in [0.2, 0.25) is 0 Å². The molecule has 1 aromatic rings. The molecule has 0 aliphatic rings. The Morgan fingerprint density at radius 1 is 1.78 bits per heavy atom. The first-order chi connectivity index (χ1) is 4.29. The Morgan fingerprint density at radius 3 is 3.00 bits per heavy atom. The van der Waals surface area contributed by atoms with Gasteiger partial charge in [0.05, 0.1) is 12.4 Å². The van der Waals surface area contributed by atoms with Crippen LogP contribution in [0.4, 0.5) is 0 Å². The Bertz CT molecular complexity index is 193. The van der Waals surface area contributed by atoms with Crippen LogP contribution >= 0.6 is 0 Å². The molecule has 0 bridgehead atoms. The van der Waals surface area contributed by atoms with Crippen molar-refractivity contribution < 1.29 is 9.63 Å². The Hall–Kier alpha value is -1.32. The van der Waals surface area contributed by atoms with Crippen molar-refractivity contribution in [1.82, 2.24) is 9.94 Å². The molecule has 0 amide bonds. The summed E-state index contributed by atoms with van der Waals surface area (Å²) in [6.07, 6.45) is 3.07. The SMILES string of the molecule is CC(=O)On1cccn1. The van der Waals surface area contributed by atoms with Crippen LogP contribution in [-0.4, -0.2) is 15.9 Å². The minimum atomic E-state index is -0.376. The third-order valence-electron chi connectivity index (χ3n) is 0.702. The first kappa shape index (κ1) is 5.81. The van der Waals surface area contributed by atoms with Crippen LogP contribution in [0.15, 0.2) is 18.5 Å². The average Bonchev–Trinajstić information content (AvgIpc) is 2.15. The van der Waals surface area contributed by atoms with E-state index in [4.69, 9.17) is 0 Å². The zero-order valence-corrected chi connectivity index (χ0v) is 4.94. The number of nitrogens with zero attached hydrogens (tertiary/aromatic N) is 2. The van der Waals surface area contributed by atoms with Crippen LogP contribution in [0.3, 0.4) is 0 Å². The molecule has 48 valence electrons. The molecular weight excluding hydrogens is 120 g/mol. The van der Waals surface area contributed by atoms with Gasteiger partial charge in [-0.2, -0.15) is 0 Å². The zero-order chi connectivity index (χ0) is 6.69. The topological polar surface area (TPSA) is 44.1 Å². The number of aromatic nitrogens is 2. The van der Waals surface area contributed by atoms with Crippen LogP contribution in [0.1, 0.15) is 6.92 Å². The van der Waals surface area contributed by atoms with Gasteiger partial charge in [0, 0.05) is 6.92 Å². The summed E-state index contributed by atoms with van der Waals surface area (Å²) < 4.78 is 0. The maximum absolute atomic E-state index is 10.2. The molecule has 0 saturated heterocycles. The second-order valence-electron chi connectivity index (χ2n) is 1.49. The second-order valence-corrected chi connectivity index (χ2v) is 1.49. The van der Waals surface area contributed by atoms with Gasteiger partial charge in [0.1, 0.15) is 0 Å². The number of carbonyl (C=O) groups excluding carboxylic acids is 1. The lowest BCUT2D eigenvalue weighted by Gasteiger charge is -1.95. The monoisotopic (exact) mass is 126 g/mol. The molecule has 0 aromatic carbocycles. The van der Waals surface area contributed by atoms with Gasteiger partial charge in [-0.15, -0.1) is 5.10 Å². The molecule has 1 rings (SSSR count). The van der Waals surface area contributed by atoms with Crippen molar-refractivity contribution >= 4 is 5.97 Å². The minimum Gasteiger partial charge on any atom is -0.320 e. The first-order valence-electron chi connectivity index (χ1n) is 2.47. The highest BCUT2D eigenvalue weighted by Gasteiger charge is 1.91. The number of hydrogen-bond acceptors (Lipinski definition) is 3. The fourth-order valence-corrected chi connectivity index (χ4v) is 0.441. The summed E-state index contributed by atoms with van der Waals surface area (Å²) in [5, 5.41) is 3.63. The van der Waals surface area contributed by atoms with Crippen molar-refractivity contribution in [2.24, 2.45) is 0 Å². The fraction of sp³-hybridized carbons (Fsp3) is 0.200. The molecule has 0 spiro atoms. The molecule has 0 saturated carbocycles. The highest BCUT2D eigenvalue weighted by atomic mass is 16.7. The fourth-order valence-electron chi connectivity index (χ4n) is 0.441. The molecule has 9 heavy (non-hydrogen) atoms. The van der Waals surface area contributed by atoms with Crippen molar-refractivity contribution in [3.63, 3.8) is 0 Å². The Morgan fingerprint density at radius 2 is 2.56 bits per heavy atom. The van der Waals surface area contributed by atoms with Gasteiger partial charge in [-0.3, -0.25) is 0 Å². The van der Waals surface area contributed by atoms with Gasteiger partial charge in [-0.05, 0) is 6.07 Å². The van der Waals surface area contributed by atoms with Crippen molar-refractivity contribution in [1.29, 1.82) is 0 Å². The third kappa shape index (κ3) is 1.56. The van der Waals surface area contributed by atoms with Gasteiger partial charge in [0.15, 0.2) is 0 Å². The van der Waals surface area contributed by atoms with E-state index < -0.39 is 0 Å². The number of carbonyl (C=O) groups is 1. The quantitative estimate of drug-likeness (QED) is 0.526. The molecule has 0 aliphatic heterocycles. The number of hydrogen-bond donors (Lipinski definition) is 0. The lowest BCUT2D eigenvalue weighted by atomic mass is 10.8. The Labute approximate surface area is 52.0 Å². The van der Waals surface area contributed by atoms with E-state index in [2.05, 4.69) is 9.94 Å². The van der Waals surface area contributed by atoms with Crippen LogP contribution in [0.25, 0.3) is 0 Å². The van der Waals surface area contributed by atoms with E-state index in [1.165, 1.54) is 13.1 Å². The van der Waals surface area contributed by atoms with E-state index in [0.717, 1.165) is 4.85 Å². The predicted octanol–water partition coefficient (Wildman–Crippen LogP) is -0.142. The maximum atomic E-state index is 10.2. The summed E-state index contributed by atoms with van der Waals surface area (Å²) in [6.45, 7) is 1.32. The van der Waals surface area contributed by atoms with E-state index in [1.54, 1.807) is 12.3 Å². The normalized spacial score (nSPS) is 9.00. The third-order valence-corrected chi connectivity index (χ3v) is 0.702. The van der Waals surface area contributed by atoms with Gasteiger partial charge in [-0.25, -0.2) is 4.79 Å². The summed E-state index contributed by atoms with van der Waals surface area (Å²) >= 11 is 0. The smallest absolute Gasteiger partial charge is 0.320 e. The lowest BCUT2D eigenvalue weighted by molar-refractivity contribution is -0.143. The highest BCUT2D eigenvalue weighted by Crippen LogP contribution is 1.78. The maximum Gasteiger partial charge on any atom is 0.331 e. The van der Waals surface area contributed by atoms with Gasteiger partial charge < -0.3 is 4.84 Å². The predicted molar refractivity (Wildman–Crippen MR) is 29.5 cm³/mol. The van der Waals surface area contributed by atoms with Gasteiger partial charge in [0.2, 0.25) is 0 Å². The molecule has 1 heterocycles. The minimum absolute atomic E-state index is 0.376. The second kappa shape index (κ2) is 2.30. The molecule has 4 nitrogen and oxygen atoms in total. The average molecular weight is 126 g/mol. The van der Waals surface area contributed by atoms with Crippen LogP contribution < -0.4 is 4.84 Å². The highest BCUT2D eigenvalue weighted by molar-refractivity contribution is 5.66. The van der Waals surface area contributed by atoms with Crippen LogP contribution in [0, 0.1) is 0 Å². The molecule has 0 N–H and O–H groups in total. The van der Waals surface area contributed by atoms with Gasteiger partial charge in [-0.1, -0.05) is 4.85 Å². The largest absolute Gasteiger partial charge is 0.331 e. The van der Waals surface area contributed by atoms with Gasteiger partial charge in [0.25, 0.3) is 0 Å². The van der Waals surface area contributed by atoms with E-state index >= 15 is 0 Å². The Balaban J connectivity index is 2.58. The molecule has 0 unspecified atom stereocenters. The van der Waals surface area contributed by atoms with Crippen LogP contribution in [0.5, 0.6) is 0 Å². The first-order valence-corrected chi connectivity index (χ1v) is 2.47. The van der Waals surface area contributed by atoms with Crippen LogP contribution in [-0.2, 0) is 4.79 Å². The van der Waals surface area contributed by atoms with Gasteiger partial charge >= 0.3 is 5.97 Å². The van der Waals surface area contributed by atoms with E-state index in [0.29, 0.717) is 0 Å². The summed E-state index contributed by atoms with van der Waals surface area (Å²) in [5.41, 5.74) is 0. The van der Waals surface area contributed by atoms with E-state index in [-0.39, 0.29) is 5.97 Å². The standard InChI is InChI=1S/C5H6N2O2/c1-5(8)9-7-4-2-3-6-7/h2-4H,1H3. The molecule has 0 fully saturated rings. The lowest BCUT2D eigenvalue weighted by Crippen LogP contribution is -2.16. The summed E-state index contributed by atoms with van der Waals surface area (Å²) in [5.74, 6) is -0.376. The molecule has 0 radical (unpaired) electrons. The van der Waals surface area contributed by atoms with Crippen molar-refractivity contribution in [2.45, 2.75) is 6.92 Å². The van der Waals surface area contributed by atoms with Crippen molar-refractivity contribution in [3.05, 3.63) is 18.5 Å².